The van der Waals surface area contributed by atoms with Crippen LogP contribution in [0.1, 0.15) is 18.4 Å². The van der Waals surface area contributed by atoms with Gasteiger partial charge in [-0.15, -0.1) is 0 Å². The zero-order valence-electron chi connectivity index (χ0n) is 9.32. The Labute approximate surface area is 105 Å². The fourth-order valence-electron chi connectivity index (χ4n) is 2.02. The average Bonchev–Trinajstić information content (AvgIpc) is 3.14. The Bertz CT molecular complexity index is 590. The number of benzene rings is 1. The predicted molar refractivity (Wildman–Crippen MR) is 68.2 cm³/mol. The van der Waals surface area contributed by atoms with E-state index in [1.165, 1.54) is 0 Å². The predicted octanol–water partition coefficient (Wildman–Crippen LogP) is 3.41. The van der Waals surface area contributed by atoms with Crippen LogP contribution < -0.4 is 0 Å². The fourth-order valence-corrected chi connectivity index (χ4v) is 2.23. The lowest BCUT2D eigenvalue weighted by molar-refractivity contribution is -0.119. The van der Waals surface area contributed by atoms with Crippen LogP contribution in [0.3, 0.4) is 0 Å². The fraction of sp³-hybridized carbons (Fsp3) is 0.286. The molecule has 1 aromatic heterocycles. The lowest BCUT2D eigenvalue weighted by Gasteiger charge is -2.03. The monoisotopic (exact) mass is 245 g/mol. The van der Waals surface area contributed by atoms with Gasteiger partial charge in [0.1, 0.15) is 5.78 Å². The summed E-state index contributed by atoms with van der Waals surface area (Å²) in [5.74, 6) is 0.666. The van der Waals surface area contributed by atoms with Crippen molar-refractivity contribution in [2.75, 3.05) is 0 Å². The van der Waals surface area contributed by atoms with Gasteiger partial charge in [0, 0.05) is 23.9 Å². The molecular weight excluding hydrogens is 234 g/mol. The van der Waals surface area contributed by atoms with E-state index < -0.39 is 0 Å². The smallest absolute Gasteiger partial charge is 0.140 e. The molecule has 17 heavy (non-hydrogen) atoms. The summed E-state index contributed by atoms with van der Waals surface area (Å²) in [4.78, 5) is 16.0. The number of carbonyl (C=O) groups is 1. The molecule has 1 aliphatic carbocycles. The molecule has 0 radical (unpaired) electrons. The van der Waals surface area contributed by atoms with Crippen molar-refractivity contribution in [3.63, 3.8) is 0 Å². The number of pyridine rings is 1. The normalized spacial score (nSPS) is 15.1. The number of Topliss-reactive ketones (excluding diaryl/α,β-unsaturated/α-hetero) is 1. The number of halogens is 1. The van der Waals surface area contributed by atoms with E-state index in [1.54, 1.807) is 12.3 Å². The van der Waals surface area contributed by atoms with E-state index in [0.29, 0.717) is 23.1 Å². The Morgan fingerprint density at radius 1 is 1.35 bits per heavy atom. The lowest BCUT2D eigenvalue weighted by atomic mass is 10.0. The summed E-state index contributed by atoms with van der Waals surface area (Å²) in [5.41, 5.74) is 1.91. The molecule has 0 saturated heterocycles. The summed E-state index contributed by atoms with van der Waals surface area (Å²) in [7, 11) is 0. The first kappa shape index (κ1) is 10.7. The number of ketones is 1. The first-order valence-corrected chi connectivity index (χ1v) is 6.18. The van der Waals surface area contributed by atoms with Crippen molar-refractivity contribution >= 4 is 28.3 Å². The van der Waals surface area contributed by atoms with Crippen LogP contribution in [-0.2, 0) is 11.2 Å². The molecule has 1 saturated carbocycles. The highest BCUT2D eigenvalue weighted by atomic mass is 35.5. The van der Waals surface area contributed by atoms with Gasteiger partial charge >= 0.3 is 0 Å². The van der Waals surface area contributed by atoms with Crippen LogP contribution in [0, 0.1) is 5.92 Å². The number of rotatable bonds is 3. The van der Waals surface area contributed by atoms with Gasteiger partial charge in [0.2, 0.25) is 0 Å². The molecule has 3 heteroatoms. The third-order valence-corrected chi connectivity index (χ3v) is 3.49. The molecule has 86 valence electrons. The molecule has 1 aromatic carbocycles. The van der Waals surface area contributed by atoms with E-state index in [4.69, 9.17) is 11.6 Å². The van der Waals surface area contributed by atoms with Gasteiger partial charge in [0.15, 0.2) is 0 Å². The first-order valence-electron chi connectivity index (χ1n) is 5.80. The van der Waals surface area contributed by atoms with Crippen molar-refractivity contribution in [3.05, 3.63) is 41.0 Å². The Balaban J connectivity index is 1.95. The van der Waals surface area contributed by atoms with E-state index in [0.717, 1.165) is 29.3 Å². The summed E-state index contributed by atoms with van der Waals surface area (Å²) < 4.78 is 0. The lowest BCUT2D eigenvalue weighted by Crippen LogP contribution is -2.04. The first-order chi connectivity index (χ1) is 8.24. The minimum absolute atomic E-state index is 0.315. The van der Waals surface area contributed by atoms with Crippen LogP contribution in [0.4, 0.5) is 0 Å². The number of fused-ring (bicyclic) bond motifs is 1. The van der Waals surface area contributed by atoms with Gasteiger partial charge in [-0.1, -0.05) is 17.7 Å². The van der Waals surface area contributed by atoms with Gasteiger partial charge in [-0.25, -0.2) is 0 Å². The molecule has 0 unspecified atom stereocenters. The van der Waals surface area contributed by atoms with Crippen LogP contribution in [0.25, 0.3) is 10.9 Å². The Morgan fingerprint density at radius 2 is 2.18 bits per heavy atom. The van der Waals surface area contributed by atoms with Crippen molar-refractivity contribution in [2.24, 2.45) is 5.92 Å². The van der Waals surface area contributed by atoms with Crippen LogP contribution in [0.2, 0.25) is 5.02 Å². The number of carbonyl (C=O) groups excluding carboxylic acids is 1. The van der Waals surface area contributed by atoms with Crippen molar-refractivity contribution in [1.29, 1.82) is 0 Å². The van der Waals surface area contributed by atoms with Gasteiger partial charge in [0.05, 0.1) is 10.5 Å². The number of hydrogen-bond acceptors (Lipinski definition) is 2. The largest absolute Gasteiger partial charge is 0.299 e. The van der Waals surface area contributed by atoms with E-state index in [-0.39, 0.29) is 0 Å². The SMILES string of the molecule is O=C(Cc1ccc2nccc(Cl)c2c1)C1CC1. The molecule has 0 atom stereocenters. The van der Waals surface area contributed by atoms with Crippen LogP contribution >= 0.6 is 11.6 Å². The molecule has 1 heterocycles. The van der Waals surface area contributed by atoms with E-state index in [9.17, 15) is 4.79 Å². The average molecular weight is 246 g/mol. The van der Waals surface area contributed by atoms with Crippen LogP contribution in [-0.4, -0.2) is 10.8 Å². The Morgan fingerprint density at radius 3 is 2.94 bits per heavy atom. The Hall–Kier alpha value is -1.41. The third kappa shape index (κ3) is 2.18. The minimum atomic E-state index is 0.315. The standard InChI is InChI=1S/C14H12ClNO/c15-12-5-6-16-13-4-1-9(7-11(12)13)8-14(17)10-2-3-10/h1,4-7,10H,2-3,8H2. The molecular formula is C14H12ClNO. The van der Waals surface area contributed by atoms with E-state index >= 15 is 0 Å². The molecule has 2 nitrogen and oxygen atoms in total. The number of aromatic nitrogens is 1. The van der Waals surface area contributed by atoms with Gasteiger partial charge in [-0.3, -0.25) is 9.78 Å². The molecule has 0 spiro atoms. The summed E-state index contributed by atoms with van der Waals surface area (Å²) in [6.07, 6.45) is 4.34. The molecule has 0 amide bonds. The topological polar surface area (TPSA) is 30.0 Å². The number of nitrogens with zero attached hydrogens (tertiary/aromatic N) is 1. The van der Waals surface area contributed by atoms with Crippen molar-refractivity contribution in [3.8, 4) is 0 Å². The second-order valence-electron chi connectivity index (χ2n) is 4.56. The maximum atomic E-state index is 11.7. The maximum Gasteiger partial charge on any atom is 0.140 e. The molecule has 2 aromatic rings. The highest BCUT2D eigenvalue weighted by Gasteiger charge is 2.29. The molecule has 0 N–H and O–H groups in total. The zero-order valence-corrected chi connectivity index (χ0v) is 10.1. The molecule has 1 aliphatic rings. The molecule has 1 fully saturated rings. The molecule has 0 aliphatic heterocycles. The molecule has 3 rings (SSSR count). The minimum Gasteiger partial charge on any atom is -0.299 e. The maximum absolute atomic E-state index is 11.7. The van der Waals surface area contributed by atoms with Crippen LogP contribution in [0.5, 0.6) is 0 Å². The van der Waals surface area contributed by atoms with Gasteiger partial charge in [-0.05, 0) is 36.6 Å². The zero-order chi connectivity index (χ0) is 11.8. The van der Waals surface area contributed by atoms with Gasteiger partial charge in [-0.2, -0.15) is 0 Å². The summed E-state index contributed by atoms with van der Waals surface area (Å²) in [6.45, 7) is 0. The van der Waals surface area contributed by atoms with Gasteiger partial charge in [0.25, 0.3) is 0 Å². The molecule has 0 bridgehead atoms. The summed E-state index contributed by atoms with van der Waals surface area (Å²) >= 11 is 6.12. The van der Waals surface area contributed by atoms with E-state index in [2.05, 4.69) is 4.98 Å². The highest BCUT2D eigenvalue weighted by molar-refractivity contribution is 6.35. The second-order valence-corrected chi connectivity index (χ2v) is 4.97. The van der Waals surface area contributed by atoms with Gasteiger partial charge < -0.3 is 0 Å². The summed E-state index contributed by atoms with van der Waals surface area (Å²) in [6, 6.07) is 7.64. The van der Waals surface area contributed by atoms with Crippen LogP contribution in [0.15, 0.2) is 30.5 Å². The quantitative estimate of drug-likeness (QED) is 0.830. The van der Waals surface area contributed by atoms with Crippen molar-refractivity contribution < 1.29 is 4.79 Å². The van der Waals surface area contributed by atoms with Crippen molar-refractivity contribution in [1.82, 2.24) is 4.98 Å². The third-order valence-electron chi connectivity index (χ3n) is 3.16. The second kappa shape index (κ2) is 4.11. The summed E-state index contributed by atoms with van der Waals surface area (Å²) in [5, 5.41) is 1.62. The number of hydrogen-bond donors (Lipinski definition) is 0. The highest BCUT2D eigenvalue weighted by Crippen LogP contribution is 2.31. The Kier molecular flexibility index (Phi) is 2.60. The van der Waals surface area contributed by atoms with E-state index in [1.807, 2.05) is 18.2 Å². The van der Waals surface area contributed by atoms with Crippen molar-refractivity contribution in [2.45, 2.75) is 19.3 Å².